The highest BCUT2D eigenvalue weighted by atomic mass is 79.9. The van der Waals surface area contributed by atoms with Crippen LogP contribution >= 0.6 is 15.9 Å². The first-order chi connectivity index (χ1) is 11.9. The summed E-state index contributed by atoms with van der Waals surface area (Å²) in [5, 5.41) is 12.3. The SMILES string of the molecule is CC1(c2ccc(Br)cc2)CC1(NC(=O)OCc1ccccc1)C(=O)O. The molecule has 5 nitrogen and oxygen atoms in total. The summed E-state index contributed by atoms with van der Waals surface area (Å²) >= 11 is 3.37. The summed E-state index contributed by atoms with van der Waals surface area (Å²) < 4.78 is 6.10. The Hall–Kier alpha value is -2.34. The van der Waals surface area contributed by atoms with Gasteiger partial charge >= 0.3 is 12.1 Å². The number of carboxylic acid groups (broad SMARTS) is 1. The number of alkyl carbamates (subject to hydrolysis) is 1. The van der Waals surface area contributed by atoms with Gasteiger partial charge in [0.25, 0.3) is 0 Å². The van der Waals surface area contributed by atoms with Crippen molar-refractivity contribution in [2.45, 2.75) is 30.9 Å². The zero-order valence-electron chi connectivity index (χ0n) is 13.7. The summed E-state index contributed by atoms with van der Waals surface area (Å²) in [6.07, 6.45) is -0.413. The number of aliphatic carboxylic acids is 1. The van der Waals surface area contributed by atoms with Crippen LogP contribution in [0.4, 0.5) is 4.79 Å². The Bertz CT molecular complexity index is 793. The van der Waals surface area contributed by atoms with Crippen LogP contribution in [0.15, 0.2) is 59.1 Å². The molecule has 1 amide bonds. The zero-order valence-corrected chi connectivity index (χ0v) is 15.2. The molecule has 130 valence electrons. The molecule has 1 fully saturated rings. The second-order valence-electron chi connectivity index (χ2n) is 6.41. The van der Waals surface area contributed by atoms with E-state index in [1.54, 1.807) is 0 Å². The highest BCUT2D eigenvalue weighted by Gasteiger charge is 2.71. The van der Waals surface area contributed by atoms with Gasteiger partial charge in [-0.15, -0.1) is 0 Å². The van der Waals surface area contributed by atoms with Gasteiger partial charge in [0.1, 0.15) is 6.61 Å². The minimum absolute atomic E-state index is 0.0946. The molecule has 0 aromatic heterocycles. The smallest absolute Gasteiger partial charge is 0.408 e. The van der Waals surface area contributed by atoms with E-state index in [1.165, 1.54) is 0 Å². The minimum Gasteiger partial charge on any atom is -0.479 e. The summed E-state index contributed by atoms with van der Waals surface area (Å²) in [7, 11) is 0. The van der Waals surface area contributed by atoms with E-state index in [0.717, 1.165) is 15.6 Å². The van der Waals surface area contributed by atoms with Crippen LogP contribution in [0.25, 0.3) is 0 Å². The predicted molar refractivity (Wildman–Crippen MR) is 96.2 cm³/mol. The highest BCUT2D eigenvalue weighted by Crippen LogP contribution is 2.57. The van der Waals surface area contributed by atoms with Gasteiger partial charge in [-0.1, -0.05) is 65.3 Å². The highest BCUT2D eigenvalue weighted by molar-refractivity contribution is 9.10. The number of hydrogen-bond acceptors (Lipinski definition) is 3. The molecule has 6 heteroatoms. The molecule has 2 unspecified atom stereocenters. The van der Waals surface area contributed by atoms with E-state index in [9.17, 15) is 14.7 Å². The third kappa shape index (κ3) is 3.26. The Morgan fingerprint density at radius 1 is 1.16 bits per heavy atom. The Kier molecular flexibility index (Phi) is 4.56. The molecule has 0 saturated heterocycles. The molecule has 1 aliphatic carbocycles. The molecule has 1 aliphatic rings. The lowest BCUT2D eigenvalue weighted by Gasteiger charge is -2.21. The number of carboxylic acids is 1. The Morgan fingerprint density at radius 3 is 2.40 bits per heavy atom. The number of ether oxygens (including phenoxy) is 1. The van der Waals surface area contributed by atoms with E-state index in [4.69, 9.17) is 4.74 Å². The van der Waals surface area contributed by atoms with Crippen molar-refractivity contribution in [3.63, 3.8) is 0 Å². The number of carbonyl (C=O) groups excluding carboxylic acids is 1. The van der Waals surface area contributed by atoms with Crippen LogP contribution in [0.5, 0.6) is 0 Å². The van der Waals surface area contributed by atoms with Crippen molar-refractivity contribution in [2.75, 3.05) is 0 Å². The lowest BCUT2D eigenvalue weighted by atomic mass is 9.92. The summed E-state index contributed by atoms with van der Waals surface area (Å²) in [5.41, 5.74) is -0.324. The second kappa shape index (κ2) is 6.52. The average molecular weight is 404 g/mol. The number of hydrogen-bond donors (Lipinski definition) is 2. The lowest BCUT2D eigenvalue weighted by molar-refractivity contribution is -0.141. The molecular formula is C19H18BrNO4. The number of carbonyl (C=O) groups is 2. The third-order valence-electron chi connectivity index (χ3n) is 4.81. The van der Waals surface area contributed by atoms with Gasteiger partial charge in [-0.25, -0.2) is 9.59 Å². The summed E-state index contributed by atoms with van der Waals surface area (Å²) in [5.74, 6) is -1.06. The van der Waals surface area contributed by atoms with Gasteiger partial charge in [-0.3, -0.25) is 0 Å². The van der Waals surface area contributed by atoms with Gasteiger partial charge in [-0.2, -0.15) is 0 Å². The van der Waals surface area contributed by atoms with Gasteiger partial charge in [0.05, 0.1) is 0 Å². The van der Waals surface area contributed by atoms with Gasteiger partial charge in [0, 0.05) is 9.89 Å². The minimum atomic E-state index is -1.35. The van der Waals surface area contributed by atoms with Crippen LogP contribution in [0.1, 0.15) is 24.5 Å². The molecule has 0 radical (unpaired) electrons. The Morgan fingerprint density at radius 2 is 1.80 bits per heavy atom. The quantitative estimate of drug-likeness (QED) is 0.794. The van der Waals surface area contributed by atoms with Crippen molar-refractivity contribution in [1.29, 1.82) is 0 Å². The number of amides is 1. The van der Waals surface area contributed by atoms with Crippen molar-refractivity contribution in [3.8, 4) is 0 Å². The average Bonchev–Trinajstić information content (AvgIpc) is 3.21. The van der Waals surface area contributed by atoms with Crippen LogP contribution < -0.4 is 5.32 Å². The standard InChI is InChI=1S/C19H18BrNO4/c1-18(14-7-9-15(20)10-8-14)12-19(18,16(22)23)21-17(24)25-11-13-5-3-2-4-6-13/h2-10H,11-12H2,1H3,(H,21,24)(H,22,23). The molecule has 3 rings (SSSR count). The van der Waals surface area contributed by atoms with E-state index >= 15 is 0 Å². The number of rotatable bonds is 5. The normalized spacial score (nSPS) is 24.4. The van der Waals surface area contributed by atoms with E-state index < -0.39 is 23.0 Å². The van der Waals surface area contributed by atoms with Crippen molar-refractivity contribution >= 4 is 28.0 Å². The maximum Gasteiger partial charge on any atom is 0.408 e. The molecular weight excluding hydrogens is 386 g/mol. The summed E-state index contributed by atoms with van der Waals surface area (Å²) in [4.78, 5) is 24.0. The van der Waals surface area contributed by atoms with Crippen molar-refractivity contribution in [3.05, 3.63) is 70.2 Å². The van der Waals surface area contributed by atoms with Gasteiger partial charge in [0.15, 0.2) is 5.54 Å². The maximum absolute atomic E-state index is 12.1. The third-order valence-corrected chi connectivity index (χ3v) is 5.34. The van der Waals surface area contributed by atoms with Crippen LogP contribution in [-0.2, 0) is 21.6 Å². The van der Waals surface area contributed by atoms with Crippen LogP contribution in [-0.4, -0.2) is 22.7 Å². The molecule has 0 spiro atoms. The fourth-order valence-corrected chi connectivity index (χ4v) is 3.40. The molecule has 0 bridgehead atoms. The number of benzene rings is 2. The first kappa shape index (κ1) is 17.5. The maximum atomic E-state index is 12.1. The zero-order chi connectivity index (χ0) is 18.1. The number of halogens is 1. The molecule has 0 aliphatic heterocycles. The van der Waals surface area contributed by atoms with Crippen molar-refractivity contribution < 1.29 is 19.4 Å². The van der Waals surface area contributed by atoms with Crippen molar-refractivity contribution in [1.82, 2.24) is 5.32 Å². The second-order valence-corrected chi connectivity index (χ2v) is 7.33. The first-order valence-corrected chi connectivity index (χ1v) is 8.65. The Labute approximate surface area is 154 Å². The lowest BCUT2D eigenvalue weighted by Crippen LogP contribution is -2.48. The summed E-state index contributed by atoms with van der Waals surface area (Å²) in [6, 6.07) is 16.7. The first-order valence-electron chi connectivity index (χ1n) is 7.86. The van der Waals surface area contributed by atoms with E-state index in [-0.39, 0.29) is 6.61 Å². The van der Waals surface area contributed by atoms with E-state index in [1.807, 2.05) is 61.5 Å². The molecule has 1 saturated carbocycles. The van der Waals surface area contributed by atoms with Crippen LogP contribution in [0.2, 0.25) is 0 Å². The van der Waals surface area contributed by atoms with Crippen LogP contribution in [0.3, 0.4) is 0 Å². The van der Waals surface area contributed by atoms with Gasteiger partial charge in [-0.05, 0) is 29.7 Å². The molecule has 2 aromatic carbocycles. The van der Waals surface area contributed by atoms with E-state index in [2.05, 4.69) is 21.2 Å². The van der Waals surface area contributed by atoms with E-state index in [0.29, 0.717) is 6.42 Å². The van der Waals surface area contributed by atoms with Gasteiger partial charge in [0.2, 0.25) is 0 Å². The molecule has 2 aromatic rings. The van der Waals surface area contributed by atoms with Crippen LogP contribution in [0, 0.1) is 0 Å². The topological polar surface area (TPSA) is 75.6 Å². The molecule has 2 atom stereocenters. The molecule has 25 heavy (non-hydrogen) atoms. The van der Waals surface area contributed by atoms with Gasteiger partial charge < -0.3 is 15.2 Å². The Balaban J connectivity index is 1.71. The van der Waals surface area contributed by atoms with Crippen molar-refractivity contribution in [2.24, 2.45) is 0 Å². The largest absolute Gasteiger partial charge is 0.479 e. The fourth-order valence-electron chi connectivity index (χ4n) is 3.13. The predicted octanol–water partition coefficient (Wildman–Crippen LogP) is 3.86. The fraction of sp³-hybridized carbons (Fsp3) is 0.263. The summed E-state index contributed by atoms with van der Waals surface area (Å²) in [6.45, 7) is 1.93. The molecule has 2 N–H and O–H groups in total. The monoisotopic (exact) mass is 403 g/mol. The molecule has 0 heterocycles. The number of nitrogens with one attached hydrogen (secondary N) is 1.